The third kappa shape index (κ3) is 0.706. The number of rotatable bonds is 0. The zero-order valence-corrected chi connectivity index (χ0v) is 5.27. The van der Waals surface area contributed by atoms with Crippen molar-refractivity contribution in [2.75, 3.05) is 0 Å². The second kappa shape index (κ2) is 1.85. The van der Waals surface area contributed by atoms with Crippen LogP contribution < -0.4 is 0 Å². The van der Waals surface area contributed by atoms with Crippen LogP contribution in [0.1, 0.15) is 20.7 Å². The molecule has 11 heavy (non-hydrogen) atoms. The molecule has 0 bridgehead atoms. The molecular formula is C6H2N2O3. The third-order valence-corrected chi connectivity index (χ3v) is 1.36. The maximum absolute atomic E-state index is 10.8. The molecule has 0 unspecified atom stereocenters. The minimum Gasteiger partial charge on any atom is -0.386 e. The van der Waals surface area contributed by atoms with Gasteiger partial charge in [-0.2, -0.15) is 10.2 Å². The van der Waals surface area contributed by atoms with Crippen molar-refractivity contribution in [3.63, 3.8) is 0 Å². The topological polar surface area (TPSA) is 69.2 Å². The van der Waals surface area contributed by atoms with Crippen LogP contribution in [0.5, 0.6) is 0 Å². The molecule has 0 spiro atoms. The maximum Gasteiger partial charge on any atom is 0.348 e. The molecule has 0 amide bonds. The van der Waals surface area contributed by atoms with Gasteiger partial charge < -0.3 is 4.74 Å². The molecule has 2 rings (SSSR count). The Hall–Kier alpha value is -1.78. The molecule has 0 aromatic carbocycles. The molecule has 2 heterocycles. The standard InChI is InChI=1S/C6H2N2O3/c9-5-3-1-7-8-2-4(3)6(10)11-5/h1-2H. The Morgan fingerprint density at radius 1 is 1.00 bits per heavy atom. The molecule has 5 nitrogen and oxygen atoms in total. The Kier molecular flexibility index (Phi) is 1.00. The first-order valence-corrected chi connectivity index (χ1v) is 2.86. The minimum absolute atomic E-state index is 0.185. The van der Waals surface area contributed by atoms with Crippen LogP contribution >= 0.6 is 0 Å². The lowest BCUT2D eigenvalue weighted by atomic mass is 10.2. The first-order valence-electron chi connectivity index (χ1n) is 2.86. The number of ether oxygens (including phenoxy) is 1. The van der Waals surface area contributed by atoms with Crippen molar-refractivity contribution < 1.29 is 14.3 Å². The molecule has 0 saturated heterocycles. The van der Waals surface area contributed by atoms with Gasteiger partial charge in [0.25, 0.3) is 0 Å². The van der Waals surface area contributed by atoms with Gasteiger partial charge in [-0.15, -0.1) is 0 Å². The van der Waals surface area contributed by atoms with Gasteiger partial charge in [-0.05, 0) is 0 Å². The number of carbonyl (C=O) groups excluding carboxylic acids is 2. The van der Waals surface area contributed by atoms with Gasteiger partial charge in [-0.3, -0.25) is 0 Å². The molecule has 0 aliphatic carbocycles. The smallest absolute Gasteiger partial charge is 0.348 e. The summed E-state index contributed by atoms with van der Waals surface area (Å²) >= 11 is 0. The summed E-state index contributed by atoms with van der Waals surface area (Å²) in [5, 5.41) is 6.88. The summed E-state index contributed by atoms with van der Waals surface area (Å²) in [6, 6.07) is 0. The van der Waals surface area contributed by atoms with Crippen LogP contribution in [0.25, 0.3) is 0 Å². The van der Waals surface area contributed by atoms with E-state index in [-0.39, 0.29) is 11.1 Å². The van der Waals surface area contributed by atoms with E-state index < -0.39 is 11.9 Å². The van der Waals surface area contributed by atoms with Gasteiger partial charge in [0.2, 0.25) is 0 Å². The van der Waals surface area contributed by atoms with Gasteiger partial charge >= 0.3 is 11.9 Å². The van der Waals surface area contributed by atoms with E-state index >= 15 is 0 Å². The number of aromatic nitrogens is 2. The van der Waals surface area contributed by atoms with Crippen molar-refractivity contribution in [2.24, 2.45) is 0 Å². The molecule has 0 saturated carbocycles. The van der Waals surface area contributed by atoms with Crippen molar-refractivity contribution >= 4 is 11.9 Å². The third-order valence-electron chi connectivity index (χ3n) is 1.36. The Morgan fingerprint density at radius 3 is 1.91 bits per heavy atom. The van der Waals surface area contributed by atoms with E-state index in [9.17, 15) is 9.59 Å². The summed E-state index contributed by atoms with van der Waals surface area (Å²) in [6.07, 6.45) is 2.42. The van der Waals surface area contributed by atoms with Gasteiger partial charge in [0, 0.05) is 0 Å². The van der Waals surface area contributed by atoms with Crippen molar-refractivity contribution in [2.45, 2.75) is 0 Å². The monoisotopic (exact) mass is 150 g/mol. The minimum atomic E-state index is -0.653. The highest BCUT2D eigenvalue weighted by molar-refractivity contribution is 6.14. The van der Waals surface area contributed by atoms with Crippen molar-refractivity contribution in [1.82, 2.24) is 10.2 Å². The van der Waals surface area contributed by atoms with E-state index in [4.69, 9.17) is 0 Å². The second-order valence-electron chi connectivity index (χ2n) is 1.99. The van der Waals surface area contributed by atoms with Gasteiger partial charge in [0.1, 0.15) is 0 Å². The molecule has 1 aliphatic heterocycles. The number of esters is 2. The number of cyclic esters (lactones) is 2. The van der Waals surface area contributed by atoms with Gasteiger partial charge in [0.05, 0.1) is 23.5 Å². The Labute approximate surface area is 61.0 Å². The fourth-order valence-electron chi connectivity index (χ4n) is 0.841. The Bertz CT molecular complexity index is 314. The largest absolute Gasteiger partial charge is 0.386 e. The van der Waals surface area contributed by atoms with Crippen LogP contribution in [0.4, 0.5) is 0 Å². The lowest BCUT2D eigenvalue weighted by Crippen LogP contribution is -1.96. The SMILES string of the molecule is O=C1OC(=O)c2cnncc21. The van der Waals surface area contributed by atoms with Gasteiger partial charge in [-0.25, -0.2) is 9.59 Å². The lowest BCUT2D eigenvalue weighted by molar-refractivity contribution is 0.0443. The van der Waals surface area contributed by atoms with Crippen molar-refractivity contribution in [1.29, 1.82) is 0 Å². The van der Waals surface area contributed by atoms with Crippen molar-refractivity contribution in [3.05, 3.63) is 23.5 Å². The highest BCUT2D eigenvalue weighted by Gasteiger charge is 2.29. The summed E-state index contributed by atoms with van der Waals surface area (Å²) < 4.78 is 4.27. The normalized spacial score (nSPS) is 14.5. The fourth-order valence-corrected chi connectivity index (χ4v) is 0.841. The molecular weight excluding hydrogens is 148 g/mol. The summed E-state index contributed by atoms with van der Waals surface area (Å²) in [4.78, 5) is 21.5. The predicted molar refractivity (Wildman–Crippen MR) is 31.8 cm³/mol. The predicted octanol–water partition coefficient (Wildman–Crippen LogP) is -0.213. The summed E-state index contributed by atoms with van der Waals surface area (Å²) in [6.45, 7) is 0. The first-order chi connectivity index (χ1) is 5.29. The highest BCUT2D eigenvalue weighted by atomic mass is 16.6. The average molecular weight is 150 g/mol. The molecule has 0 radical (unpaired) electrons. The molecule has 0 atom stereocenters. The van der Waals surface area contributed by atoms with E-state index in [1.807, 2.05) is 0 Å². The Balaban J connectivity index is 2.69. The molecule has 0 fully saturated rings. The molecule has 5 heteroatoms. The van der Waals surface area contributed by atoms with Crippen molar-refractivity contribution in [3.8, 4) is 0 Å². The van der Waals surface area contributed by atoms with E-state index in [1.165, 1.54) is 12.4 Å². The highest BCUT2D eigenvalue weighted by Crippen LogP contribution is 2.16. The van der Waals surface area contributed by atoms with E-state index in [0.717, 1.165) is 0 Å². The molecule has 54 valence electrons. The lowest BCUT2D eigenvalue weighted by Gasteiger charge is -1.84. The number of hydrogen-bond donors (Lipinski definition) is 0. The first kappa shape index (κ1) is 5.96. The van der Waals surface area contributed by atoms with E-state index in [0.29, 0.717) is 0 Å². The van der Waals surface area contributed by atoms with Crippen LogP contribution in [-0.4, -0.2) is 22.1 Å². The molecule has 1 aromatic heterocycles. The number of nitrogens with zero attached hydrogens (tertiary/aromatic N) is 2. The zero-order valence-electron chi connectivity index (χ0n) is 5.27. The summed E-state index contributed by atoms with van der Waals surface area (Å²) in [5.41, 5.74) is 0.370. The average Bonchev–Trinajstić information content (AvgIpc) is 2.30. The number of carbonyl (C=O) groups is 2. The summed E-state index contributed by atoms with van der Waals surface area (Å²) in [5.74, 6) is -1.31. The van der Waals surface area contributed by atoms with Gasteiger partial charge in [0.15, 0.2) is 0 Å². The van der Waals surface area contributed by atoms with E-state index in [1.54, 1.807) is 0 Å². The van der Waals surface area contributed by atoms with Crippen LogP contribution in [0.2, 0.25) is 0 Å². The molecule has 1 aliphatic rings. The second-order valence-corrected chi connectivity index (χ2v) is 1.99. The fraction of sp³-hybridized carbons (Fsp3) is 0. The van der Waals surface area contributed by atoms with Crippen LogP contribution in [-0.2, 0) is 4.74 Å². The number of fused-ring (bicyclic) bond motifs is 1. The van der Waals surface area contributed by atoms with Crippen LogP contribution in [0, 0.1) is 0 Å². The van der Waals surface area contributed by atoms with Crippen LogP contribution in [0.15, 0.2) is 12.4 Å². The Morgan fingerprint density at radius 2 is 1.45 bits per heavy atom. The summed E-state index contributed by atoms with van der Waals surface area (Å²) in [7, 11) is 0. The van der Waals surface area contributed by atoms with Gasteiger partial charge in [-0.1, -0.05) is 0 Å². The quantitative estimate of drug-likeness (QED) is 0.378. The molecule has 1 aromatic rings. The zero-order chi connectivity index (χ0) is 7.84. The maximum atomic E-state index is 10.8. The van der Waals surface area contributed by atoms with E-state index in [2.05, 4.69) is 14.9 Å². The van der Waals surface area contributed by atoms with Crippen LogP contribution in [0.3, 0.4) is 0 Å². The molecule has 0 N–H and O–H groups in total. The number of hydrogen-bond acceptors (Lipinski definition) is 5.